The van der Waals surface area contributed by atoms with E-state index >= 15 is 0 Å². The summed E-state index contributed by atoms with van der Waals surface area (Å²) in [4.78, 5) is 0. The summed E-state index contributed by atoms with van der Waals surface area (Å²) in [5, 5.41) is 0. The minimum absolute atomic E-state index is 0.377. The Morgan fingerprint density at radius 1 is 1.26 bits per heavy atom. The molecule has 19 heavy (non-hydrogen) atoms. The van der Waals surface area contributed by atoms with Gasteiger partial charge in [0.1, 0.15) is 7.05 Å². The van der Waals surface area contributed by atoms with Crippen molar-refractivity contribution in [2.45, 2.75) is 51.2 Å². The Bertz CT molecular complexity index is 506. The molecule has 0 spiro atoms. The minimum Gasteiger partial charge on any atom is -0.377 e. The molecular formula is C17H24NO+. The lowest BCUT2D eigenvalue weighted by Gasteiger charge is -2.40. The van der Waals surface area contributed by atoms with E-state index in [0.29, 0.717) is 18.1 Å². The molecule has 2 heteroatoms. The van der Waals surface area contributed by atoms with Crippen molar-refractivity contribution in [1.29, 1.82) is 0 Å². The van der Waals surface area contributed by atoms with Gasteiger partial charge in [-0.15, -0.1) is 0 Å². The molecular weight excluding hydrogens is 234 g/mol. The zero-order valence-electron chi connectivity index (χ0n) is 12.2. The fourth-order valence-electron chi connectivity index (χ4n) is 3.65. The van der Waals surface area contributed by atoms with E-state index in [0.717, 1.165) is 13.0 Å². The van der Waals surface area contributed by atoms with Gasteiger partial charge in [0, 0.05) is 25.5 Å². The third-order valence-corrected chi connectivity index (χ3v) is 4.82. The van der Waals surface area contributed by atoms with E-state index in [-0.39, 0.29) is 0 Å². The summed E-state index contributed by atoms with van der Waals surface area (Å²) in [5.41, 5.74) is 4.48. The van der Waals surface area contributed by atoms with Gasteiger partial charge in [0.05, 0.1) is 12.0 Å². The van der Waals surface area contributed by atoms with Crippen molar-refractivity contribution in [3.63, 3.8) is 0 Å². The lowest BCUT2D eigenvalue weighted by molar-refractivity contribution is -0.558. The van der Waals surface area contributed by atoms with Crippen LogP contribution in [0.3, 0.4) is 0 Å². The van der Waals surface area contributed by atoms with Crippen LogP contribution in [0.25, 0.3) is 0 Å². The number of hydrogen-bond donors (Lipinski definition) is 0. The average molecular weight is 258 g/mol. The van der Waals surface area contributed by atoms with E-state index in [4.69, 9.17) is 4.74 Å². The fourth-order valence-corrected chi connectivity index (χ4v) is 3.65. The molecule has 0 saturated carbocycles. The van der Waals surface area contributed by atoms with Crippen LogP contribution in [0, 0.1) is 0 Å². The zero-order valence-corrected chi connectivity index (χ0v) is 12.2. The van der Waals surface area contributed by atoms with Crippen LogP contribution < -0.4 is 0 Å². The molecule has 3 unspecified atom stereocenters. The lowest BCUT2D eigenvalue weighted by Crippen LogP contribution is -2.46. The van der Waals surface area contributed by atoms with Crippen LogP contribution in [0.1, 0.15) is 56.2 Å². The molecule has 0 fully saturated rings. The molecule has 102 valence electrons. The Labute approximate surface area is 116 Å². The van der Waals surface area contributed by atoms with Gasteiger partial charge in [-0.1, -0.05) is 37.6 Å². The largest absolute Gasteiger partial charge is 0.377 e. The molecule has 0 saturated heterocycles. The van der Waals surface area contributed by atoms with Crippen molar-refractivity contribution in [1.82, 2.24) is 0 Å². The molecule has 1 aromatic carbocycles. The Balaban J connectivity index is 1.91. The average Bonchev–Trinajstić information content (AvgIpc) is 2.44. The number of nitrogens with zero attached hydrogens (tertiary/aromatic N) is 1. The SMILES string of the molecule is CCCCOC1CC2c3ccccc3C1C(C)=[N+]2C. The summed E-state index contributed by atoms with van der Waals surface area (Å²) in [6.45, 7) is 5.39. The molecule has 2 bridgehead atoms. The second kappa shape index (κ2) is 5.09. The van der Waals surface area contributed by atoms with Crippen LogP contribution in [0.2, 0.25) is 0 Å². The highest BCUT2D eigenvalue weighted by Crippen LogP contribution is 2.45. The van der Waals surface area contributed by atoms with Gasteiger partial charge >= 0.3 is 0 Å². The van der Waals surface area contributed by atoms with E-state index in [9.17, 15) is 0 Å². The molecule has 0 radical (unpaired) electrons. The number of benzene rings is 1. The van der Waals surface area contributed by atoms with Crippen LogP contribution in [0.5, 0.6) is 0 Å². The highest BCUT2D eigenvalue weighted by molar-refractivity contribution is 5.87. The summed E-state index contributed by atoms with van der Waals surface area (Å²) in [7, 11) is 2.23. The van der Waals surface area contributed by atoms with Crippen LogP contribution in [0.15, 0.2) is 24.3 Å². The van der Waals surface area contributed by atoms with E-state index in [2.05, 4.69) is 49.7 Å². The summed E-state index contributed by atoms with van der Waals surface area (Å²) in [5.74, 6) is 0.461. The molecule has 2 heterocycles. The zero-order chi connectivity index (χ0) is 13.4. The van der Waals surface area contributed by atoms with E-state index in [1.54, 1.807) is 0 Å². The normalized spacial score (nSPS) is 28.7. The predicted molar refractivity (Wildman–Crippen MR) is 78.1 cm³/mol. The minimum atomic E-state index is 0.377. The molecule has 1 aliphatic carbocycles. The van der Waals surface area contributed by atoms with Gasteiger partial charge in [0.2, 0.25) is 0 Å². The molecule has 1 aromatic rings. The predicted octanol–water partition coefficient (Wildman–Crippen LogP) is 3.52. The molecule has 0 amide bonds. The molecule has 0 aromatic heterocycles. The maximum atomic E-state index is 6.19. The van der Waals surface area contributed by atoms with Crippen LogP contribution in [-0.4, -0.2) is 30.0 Å². The topological polar surface area (TPSA) is 12.2 Å². The summed E-state index contributed by atoms with van der Waals surface area (Å²) in [6, 6.07) is 9.41. The van der Waals surface area contributed by atoms with Crippen molar-refractivity contribution in [3.8, 4) is 0 Å². The highest BCUT2D eigenvalue weighted by Gasteiger charge is 2.48. The third kappa shape index (κ3) is 2.02. The lowest BCUT2D eigenvalue weighted by atomic mass is 9.72. The smallest absolute Gasteiger partial charge is 0.180 e. The van der Waals surface area contributed by atoms with Gasteiger partial charge in [0.25, 0.3) is 0 Å². The van der Waals surface area contributed by atoms with Gasteiger partial charge in [0.15, 0.2) is 11.8 Å². The first-order chi connectivity index (χ1) is 9.24. The van der Waals surface area contributed by atoms with Crippen molar-refractivity contribution < 1.29 is 9.31 Å². The maximum absolute atomic E-state index is 6.19. The standard InChI is InChI=1S/C17H24NO/c1-4-5-10-19-16-11-15-13-8-6-7-9-14(13)17(16)12(2)18(15)3/h6-9,15-17H,4-5,10-11H2,1-3H3/q+1. The quantitative estimate of drug-likeness (QED) is 0.594. The van der Waals surface area contributed by atoms with E-state index < -0.39 is 0 Å². The molecule has 0 N–H and O–H groups in total. The monoisotopic (exact) mass is 258 g/mol. The molecule has 3 atom stereocenters. The number of hydrogen-bond acceptors (Lipinski definition) is 1. The van der Waals surface area contributed by atoms with Crippen molar-refractivity contribution in [3.05, 3.63) is 35.4 Å². The summed E-state index contributed by atoms with van der Waals surface area (Å²) < 4.78 is 8.64. The maximum Gasteiger partial charge on any atom is 0.180 e. The van der Waals surface area contributed by atoms with Crippen molar-refractivity contribution >= 4 is 5.71 Å². The Kier molecular flexibility index (Phi) is 3.44. The second-order valence-corrected chi connectivity index (χ2v) is 5.87. The first-order valence-electron chi connectivity index (χ1n) is 7.50. The van der Waals surface area contributed by atoms with Gasteiger partial charge in [-0.05, 0) is 12.0 Å². The highest BCUT2D eigenvalue weighted by atomic mass is 16.5. The number of rotatable bonds is 4. The second-order valence-electron chi connectivity index (χ2n) is 5.87. The summed E-state index contributed by atoms with van der Waals surface area (Å²) >= 11 is 0. The van der Waals surface area contributed by atoms with Crippen LogP contribution in [-0.2, 0) is 4.74 Å². The number of ether oxygens (including phenoxy) is 1. The first kappa shape index (κ1) is 12.9. The molecule has 2 aliphatic heterocycles. The van der Waals surface area contributed by atoms with Gasteiger partial charge in [-0.3, -0.25) is 0 Å². The van der Waals surface area contributed by atoms with Crippen LogP contribution >= 0.6 is 0 Å². The van der Waals surface area contributed by atoms with Gasteiger partial charge in [-0.25, -0.2) is 4.58 Å². The van der Waals surface area contributed by atoms with Crippen molar-refractivity contribution in [2.75, 3.05) is 13.7 Å². The van der Waals surface area contributed by atoms with Gasteiger partial charge in [-0.2, -0.15) is 0 Å². The third-order valence-electron chi connectivity index (χ3n) is 4.82. The Hall–Kier alpha value is -1.15. The van der Waals surface area contributed by atoms with Crippen LogP contribution in [0.4, 0.5) is 0 Å². The van der Waals surface area contributed by atoms with E-state index in [1.807, 2.05) is 0 Å². The first-order valence-corrected chi connectivity index (χ1v) is 7.50. The van der Waals surface area contributed by atoms with E-state index in [1.165, 1.54) is 29.7 Å². The molecule has 4 rings (SSSR count). The summed E-state index contributed by atoms with van der Waals surface area (Å²) in [6.07, 6.45) is 3.89. The molecule has 3 aliphatic rings. The number of fused-ring (bicyclic) bond motifs is 1. The van der Waals surface area contributed by atoms with Crippen molar-refractivity contribution in [2.24, 2.45) is 0 Å². The number of unbranched alkanes of at least 4 members (excludes halogenated alkanes) is 1. The Morgan fingerprint density at radius 3 is 2.74 bits per heavy atom. The molecule has 2 nitrogen and oxygen atoms in total. The van der Waals surface area contributed by atoms with Gasteiger partial charge < -0.3 is 4.74 Å². The Morgan fingerprint density at radius 2 is 2.00 bits per heavy atom. The fraction of sp³-hybridized carbons (Fsp3) is 0.588.